The second kappa shape index (κ2) is 7.22. The van der Waals surface area contributed by atoms with Crippen LogP contribution in [0, 0.1) is 0 Å². The molecule has 0 atom stereocenters. The van der Waals surface area contributed by atoms with Crippen LogP contribution in [-0.4, -0.2) is 11.8 Å². The first-order chi connectivity index (χ1) is 10.6. The van der Waals surface area contributed by atoms with Crippen molar-refractivity contribution in [2.45, 2.75) is 13.8 Å². The van der Waals surface area contributed by atoms with E-state index < -0.39 is 5.91 Å². The number of benzene rings is 2. The van der Waals surface area contributed by atoms with Gasteiger partial charge in [0.2, 0.25) is 5.91 Å². The molecule has 4 nitrogen and oxygen atoms in total. The largest absolute Gasteiger partial charge is 0.358 e. The minimum atomic E-state index is -0.417. The molecule has 2 N–H and O–H groups in total. The SMILES string of the molecule is CC(=O)NC(=O)C(=C(C)Nc1ccccc1)c1ccccc1. The van der Waals surface area contributed by atoms with Crippen molar-refractivity contribution < 1.29 is 9.59 Å². The Bertz CT molecular complexity index is 692. The van der Waals surface area contributed by atoms with Crippen LogP contribution < -0.4 is 10.6 Å². The van der Waals surface area contributed by atoms with Crippen LogP contribution in [0.15, 0.2) is 66.4 Å². The van der Waals surface area contributed by atoms with Crippen LogP contribution in [0.4, 0.5) is 5.69 Å². The highest BCUT2D eigenvalue weighted by atomic mass is 16.2. The zero-order valence-electron chi connectivity index (χ0n) is 12.6. The van der Waals surface area contributed by atoms with Crippen molar-refractivity contribution in [2.75, 3.05) is 5.32 Å². The summed E-state index contributed by atoms with van der Waals surface area (Å²) in [4.78, 5) is 23.6. The van der Waals surface area contributed by atoms with Gasteiger partial charge in [-0.3, -0.25) is 14.9 Å². The van der Waals surface area contributed by atoms with Gasteiger partial charge < -0.3 is 5.32 Å². The van der Waals surface area contributed by atoms with Crippen LogP contribution in [0.1, 0.15) is 19.4 Å². The number of carbonyl (C=O) groups is 2. The highest BCUT2D eigenvalue weighted by molar-refractivity contribution is 6.24. The van der Waals surface area contributed by atoms with Crippen molar-refractivity contribution in [3.05, 3.63) is 71.9 Å². The quantitative estimate of drug-likeness (QED) is 0.851. The fraction of sp³-hybridized carbons (Fsp3) is 0.111. The maximum Gasteiger partial charge on any atom is 0.260 e. The summed E-state index contributed by atoms with van der Waals surface area (Å²) >= 11 is 0. The molecule has 4 heteroatoms. The molecule has 0 heterocycles. The molecule has 0 unspecified atom stereocenters. The Kier molecular flexibility index (Phi) is 5.09. The zero-order chi connectivity index (χ0) is 15.9. The van der Waals surface area contributed by atoms with Gasteiger partial charge in [-0.2, -0.15) is 0 Å². The summed E-state index contributed by atoms with van der Waals surface area (Å²) in [6.45, 7) is 3.13. The molecule has 2 aromatic carbocycles. The first-order valence-corrected chi connectivity index (χ1v) is 6.98. The van der Waals surface area contributed by atoms with Crippen LogP contribution in [0.5, 0.6) is 0 Å². The lowest BCUT2D eigenvalue weighted by molar-refractivity contribution is -0.126. The molecule has 0 aliphatic carbocycles. The molecule has 0 saturated heterocycles. The molecular formula is C18H18N2O2. The number of anilines is 1. The third kappa shape index (κ3) is 4.06. The predicted octanol–water partition coefficient (Wildman–Crippen LogP) is 3.19. The second-order valence-electron chi connectivity index (χ2n) is 4.87. The fourth-order valence-corrected chi connectivity index (χ4v) is 2.15. The van der Waals surface area contributed by atoms with E-state index in [1.165, 1.54) is 6.92 Å². The number of carbonyl (C=O) groups excluding carboxylic acids is 2. The lowest BCUT2D eigenvalue weighted by atomic mass is 10.0. The van der Waals surface area contributed by atoms with Gasteiger partial charge in [0.25, 0.3) is 5.91 Å². The lowest BCUT2D eigenvalue weighted by Crippen LogP contribution is -2.29. The van der Waals surface area contributed by atoms with Gasteiger partial charge in [-0.25, -0.2) is 0 Å². The average Bonchev–Trinajstić information content (AvgIpc) is 2.48. The molecule has 0 radical (unpaired) electrons. The molecule has 0 aliphatic heterocycles. The Hall–Kier alpha value is -2.88. The molecule has 0 saturated carbocycles. The summed E-state index contributed by atoms with van der Waals surface area (Å²) in [7, 11) is 0. The summed E-state index contributed by atoms with van der Waals surface area (Å²) < 4.78 is 0. The van der Waals surface area contributed by atoms with Crippen molar-refractivity contribution in [3.8, 4) is 0 Å². The van der Waals surface area contributed by atoms with Gasteiger partial charge in [-0.15, -0.1) is 0 Å². The maximum atomic E-state index is 12.4. The van der Waals surface area contributed by atoms with E-state index in [-0.39, 0.29) is 5.91 Å². The van der Waals surface area contributed by atoms with E-state index in [1.807, 2.05) is 67.6 Å². The smallest absolute Gasteiger partial charge is 0.260 e. The van der Waals surface area contributed by atoms with Crippen molar-refractivity contribution in [2.24, 2.45) is 0 Å². The van der Waals surface area contributed by atoms with Crippen molar-refractivity contribution in [1.82, 2.24) is 5.32 Å². The minimum Gasteiger partial charge on any atom is -0.358 e. The van der Waals surface area contributed by atoms with Crippen LogP contribution in [0.25, 0.3) is 5.57 Å². The van der Waals surface area contributed by atoms with Crippen molar-refractivity contribution in [3.63, 3.8) is 0 Å². The van der Waals surface area contributed by atoms with E-state index in [2.05, 4.69) is 10.6 Å². The number of hydrogen-bond acceptors (Lipinski definition) is 3. The summed E-state index contributed by atoms with van der Waals surface area (Å²) in [6.07, 6.45) is 0. The van der Waals surface area contributed by atoms with Crippen molar-refractivity contribution in [1.29, 1.82) is 0 Å². The predicted molar refractivity (Wildman–Crippen MR) is 87.9 cm³/mol. The van der Waals surface area contributed by atoms with Crippen LogP contribution in [0.2, 0.25) is 0 Å². The number of imide groups is 1. The molecular weight excluding hydrogens is 276 g/mol. The Morgan fingerprint density at radius 1 is 0.818 bits per heavy atom. The normalized spacial score (nSPS) is 11.4. The third-order valence-electron chi connectivity index (χ3n) is 3.06. The van der Waals surface area contributed by atoms with E-state index in [0.29, 0.717) is 11.3 Å². The molecule has 2 rings (SSSR count). The topological polar surface area (TPSA) is 58.2 Å². The molecule has 22 heavy (non-hydrogen) atoms. The van der Waals surface area contributed by atoms with Gasteiger partial charge in [0, 0.05) is 18.3 Å². The van der Waals surface area contributed by atoms with Gasteiger partial charge in [-0.05, 0) is 24.6 Å². The number of rotatable bonds is 4. The summed E-state index contributed by atoms with van der Waals surface area (Å²) in [6, 6.07) is 18.8. The Balaban J connectivity index is 2.40. The number of nitrogens with one attached hydrogen (secondary N) is 2. The van der Waals surface area contributed by atoms with E-state index >= 15 is 0 Å². The van der Waals surface area contributed by atoms with Gasteiger partial charge in [0.1, 0.15) is 0 Å². The Morgan fingerprint density at radius 2 is 1.36 bits per heavy atom. The second-order valence-corrected chi connectivity index (χ2v) is 4.87. The summed E-state index contributed by atoms with van der Waals surface area (Å²) in [5.74, 6) is -0.800. The van der Waals surface area contributed by atoms with Gasteiger partial charge >= 0.3 is 0 Å². The molecule has 0 fully saturated rings. The summed E-state index contributed by atoms with van der Waals surface area (Å²) in [5.41, 5.74) is 2.75. The maximum absolute atomic E-state index is 12.4. The number of para-hydroxylation sites is 1. The van der Waals surface area contributed by atoms with Crippen LogP contribution in [0.3, 0.4) is 0 Å². The lowest BCUT2D eigenvalue weighted by Gasteiger charge is -2.14. The Morgan fingerprint density at radius 3 is 1.91 bits per heavy atom. The highest BCUT2D eigenvalue weighted by Gasteiger charge is 2.16. The molecule has 0 aromatic heterocycles. The van der Waals surface area contributed by atoms with E-state index in [1.54, 1.807) is 0 Å². The van der Waals surface area contributed by atoms with Crippen LogP contribution >= 0.6 is 0 Å². The van der Waals surface area contributed by atoms with E-state index in [4.69, 9.17) is 0 Å². The first-order valence-electron chi connectivity index (χ1n) is 6.98. The molecule has 2 aromatic rings. The molecule has 2 amide bonds. The number of amides is 2. The number of allylic oxidation sites excluding steroid dienone is 1. The monoisotopic (exact) mass is 294 g/mol. The van der Waals surface area contributed by atoms with Crippen LogP contribution in [-0.2, 0) is 9.59 Å². The van der Waals surface area contributed by atoms with Gasteiger partial charge in [-0.1, -0.05) is 48.5 Å². The first kappa shape index (κ1) is 15.5. The van der Waals surface area contributed by atoms with E-state index in [9.17, 15) is 9.59 Å². The molecule has 112 valence electrons. The average molecular weight is 294 g/mol. The van der Waals surface area contributed by atoms with E-state index in [0.717, 1.165) is 11.3 Å². The Labute approximate surface area is 129 Å². The highest BCUT2D eigenvalue weighted by Crippen LogP contribution is 2.20. The molecule has 0 spiro atoms. The molecule has 0 aliphatic rings. The number of hydrogen-bond donors (Lipinski definition) is 2. The molecule has 0 bridgehead atoms. The minimum absolute atomic E-state index is 0.383. The van der Waals surface area contributed by atoms with Gasteiger partial charge in [0.15, 0.2) is 0 Å². The summed E-state index contributed by atoms with van der Waals surface area (Å²) in [5, 5.41) is 5.53. The van der Waals surface area contributed by atoms with Gasteiger partial charge in [0.05, 0.1) is 5.57 Å². The van der Waals surface area contributed by atoms with Crippen molar-refractivity contribution >= 4 is 23.1 Å². The standard InChI is InChI=1S/C18H18N2O2/c1-13(19-16-11-7-4-8-12-16)17(18(22)20-14(2)21)15-9-5-3-6-10-15/h3-12,19H,1-2H3,(H,20,21,22). The fourth-order valence-electron chi connectivity index (χ4n) is 2.15. The third-order valence-corrected chi connectivity index (χ3v) is 3.06. The zero-order valence-corrected chi connectivity index (χ0v) is 12.6.